The third kappa shape index (κ3) is 1.17. The van der Waals surface area contributed by atoms with Gasteiger partial charge in [0.05, 0.1) is 0 Å². The minimum absolute atomic E-state index is 0.136. The summed E-state index contributed by atoms with van der Waals surface area (Å²) in [4.78, 5) is 15.6. The second kappa shape index (κ2) is 3.19. The highest BCUT2D eigenvalue weighted by molar-refractivity contribution is 5.92. The topological polar surface area (TPSA) is 30.0 Å². The van der Waals surface area contributed by atoms with Gasteiger partial charge in [-0.1, -0.05) is 19.9 Å². The summed E-state index contributed by atoms with van der Waals surface area (Å²) in [6.07, 6.45) is 5.26. The van der Waals surface area contributed by atoms with Crippen LogP contribution >= 0.6 is 0 Å². The van der Waals surface area contributed by atoms with E-state index in [4.69, 9.17) is 0 Å². The summed E-state index contributed by atoms with van der Waals surface area (Å²) < 4.78 is 0. The van der Waals surface area contributed by atoms with Crippen LogP contribution in [0.25, 0.3) is 0 Å². The van der Waals surface area contributed by atoms with Crippen molar-refractivity contribution in [3.8, 4) is 0 Å². The van der Waals surface area contributed by atoms with Gasteiger partial charge >= 0.3 is 0 Å². The quantitative estimate of drug-likeness (QED) is 0.715. The summed E-state index contributed by atoms with van der Waals surface area (Å²) in [6.45, 7) is 4.15. The SMILES string of the molecule is CCC1(C)C(=O)CC1c1cccnc1. The summed E-state index contributed by atoms with van der Waals surface area (Å²) in [7, 11) is 0. The van der Waals surface area contributed by atoms with Crippen molar-refractivity contribution in [1.29, 1.82) is 0 Å². The smallest absolute Gasteiger partial charge is 0.140 e. The van der Waals surface area contributed by atoms with Crippen LogP contribution in [-0.4, -0.2) is 10.8 Å². The molecule has 1 aliphatic rings. The molecule has 2 unspecified atom stereocenters. The van der Waals surface area contributed by atoms with Crippen LogP contribution in [0.2, 0.25) is 0 Å². The van der Waals surface area contributed by atoms with Gasteiger partial charge in [-0.3, -0.25) is 9.78 Å². The van der Waals surface area contributed by atoms with Gasteiger partial charge in [0.1, 0.15) is 5.78 Å². The highest BCUT2D eigenvalue weighted by Crippen LogP contribution is 2.51. The van der Waals surface area contributed by atoms with Crippen molar-refractivity contribution in [2.75, 3.05) is 0 Å². The standard InChI is InChI=1S/C12H15NO/c1-3-12(2)10(7-11(12)14)9-5-4-6-13-8-9/h4-6,8,10H,3,7H2,1-2H3. The lowest BCUT2D eigenvalue weighted by Gasteiger charge is -2.45. The molecule has 1 aliphatic carbocycles. The van der Waals surface area contributed by atoms with Crippen LogP contribution < -0.4 is 0 Å². The monoisotopic (exact) mass is 189 g/mol. The second-order valence-corrected chi connectivity index (χ2v) is 4.24. The molecule has 0 amide bonds. The Morgan fingerprint density at radius 3 is 2.93 bits per heavy atom. The van der Waals surface area contributed by atoms with Crippen LogP contribution in [-0.2, 0) is 4.79 Å². The summed E-state index contributed by atoms with van der Waals surface area (Å²) in [5.74, 6) is 0.780. The molecule has 0 N–H and O–H groups in total. The van der Waals surface area contributed by atoms with Gasteiger partial charge in [0.25, 0.3) is 0 Å². The zero-order valence-electron chi connectivity index (χ0n) is 8.66. The average Bonchev–Trinajstić information content (AvgIpc) is 2.25. The molecule has 1 fully saturated rings. The molecular weight excluding hydrogens is 174 g/mol. The van der Waals surface area contributed by atoms with E-state index in [2.05, 4.69) is 24.9 Å². The number of nitrogens with zero attached hydrogens (tertiary/aromatic N) is 1. The molecule has 2 nitrogen and oxygen atoms in total. The molecular formula is C12H15NO. The van der Waals surface area contributed by atoms with E-state index in [9.17, 15) is 4.79 Å². The van der Waals surface area contributed by atoms with Crippen LogP contribution in [0.4, 0.5) is 0 Å². The first kappa shape index (κ1) is 9.38. The van der Waals surface area contributed by atoms with Gasteiger partial charge in [0, 0.05) is 30.1 Å². The van der Waals surface area contributed by atoms with E-state index in [-0.39, 0.29) is 5.41 Å². The highest BCUT2D eigenvalue weighted by atomic mass is 16.1. The normalized spacial score (nSPS) is 31.3. The van der Waals surface area contributed by atoms with Crippen LogP contribution in [0.5, 0.6) is 0 Å². The highest BCUT2D eigenvalue weighted by Gasteiger charge is 2.50. The maximum absolute atomic E-state index is 11.5. The van der Waals surface area contributed by atoms with E-state index in [0.29, 0.717) is 18.1 Å². The third-order valence-electron chi connectivity index (χ3n) is 3.62. The first-order valence-corrected chi connectivity index (χ1v) is 5.11. The molecule has 0 bridgehead atoms. The third-order valence-corrected chi connectivity index (χ3v) is 3.62. The van der Waals surface area contributed by atoms with Crippen LogP contribution in [0.15, 0.2) is 24.5 Å². The van der Waals surface area contributed by atoms with Gasteiger partial charge in [-0.15, -0.1) is 0 Å². The van der Waals surface area contributed by atoms with Crippen molar-refractivity contribution >= 4 is 5.78 Å². The Labute approximate surface area is 84.4 Å². The van der Waals surface area contributed by atoms with Gasteiger partial charge in [-0.25, -0.2) is 0 Å². The van der Waals surface area contributed by atoms with Crippen LogP contribution in [0.3, 0.4) is 0 Å². The predicted octanol–water partition coefficient (Wildman–Crippen LogP) is 2.55. The molecule has 74 valence electrons. The lowest BCUT2D eigenvalue weighted by molar-refractivity contribution is -0.139. The van der Waals surface area contributed by atoms with Gasteiger partial charge in [-0.05, 0) is 18.1 Å². The molecule has 2 atom stereocenters. The Bertz CT molecular complexity index is 347. The summed E-state index contributed by atoms with van der Waals surface area (Å²) >= 11 is 0. The number of ketones is 1. The second-order valence-electron chi connectivity index (χ2n) is 4.24. The molecule has 2 heteroatoms. The summed E-state index contributed by atoms with van der Waals surface area (Å²) in [5.41, 5.74) is 1.07. The summed E-state index contributed by atoms with van der Waals surface area (Å²) in [6, 6.07) is 4.01. The number of carbonyl (C=O) groups is 1. The number of rotatable bonds is 2. The van der Waals surface area contributed by atoms with Crippen molar-refractivity contribution < 1.29 is 4.79 Å². The van der Waals surface area contributed by atoms with Crippen molar-refractivity contribution in [2.45, 2.75) is 32.6 Å². The van der Waals surface area contributed by atoms with Gasteiger partial charge in [0.15, 0.2) is 0 Å². The van der Waals surface area contributed by atoms with Crippen LogP contribution in [0.1, 0.15) is 38.2 Å². The van der Waals surface area contributed by atoms with Crippen LogP contribution in [0, 0.1) is 5.41 Å². The molecule has 1 aromatic rings. The lowest BCUT2D eigenvalue weighted by atomic mass is 9.57. The fourth-order valence-electron chi connectivity index (χ4n) is 2.22. The maximum atomic E-state index is 11.5. The van der Waals surface area contributed by atoms with E-state index in [1.807, 2.05) is 12.3 Å². The number of pyridine rings is 1. The molecule has 1 aromatic heterocycles. The Morgan fingerprint density at radius 2 is 2.43 bits per heavy atom. The lowest BCUT2D eigenvalue weighted by Crippen LogP contribution is -2.45. The van der Waals surface area contributed by atoms with Crippen molar-refractivity contribution in [1.82, 2.24) is 4.98 Å². The first-order chi connectivity index (χ1) is 6.68. The van der Waals surface area contributed by atoms with E-state index < -0.39 is 0 Å². The Morgan fingerprint density at radius 1 is 1.64 bits per heavy atom. The predicted molar refractivity (Wildman–Crippen MR) is 55.0 cm³/mol. The van der Waals surface area contributed by atoms with Crippen molar-refractivity contribution in [3.63, 3.8) is 0 Å². The Balaban J connectivity index is 2.27. The molecule has 0 aliphatic heterocycles. The Hall–Kier alpha value is -1.18. The summed E-state index contributed by atoms with van der Waals surface area (Å²) in [5, 5.41) is 0. The molecule has 2 rings (SSSR count). The Kier molecular flexibility index (Phi) is 2.14. The van der Waals surface area contributed by atoms with Crippen molar-refractivity contribution in [2.24, 2.45) is 5.41 Å². The minimum atomic E-state index is -0.136. The minimum Gasteiger partial charge on any atom is -0.299 e. The first-order valence-electron chi connectivity index (χ1n) is 5.11. The number of aromatic nitrogens is 1. The van der Waals surface area contributed by atoms with E-state index in [0.717, 1.165) is 6.42 Å². The molecule has 0 radical (unpaired) electrons. The van der Waals surface area contributed by atoms with Gasteiger partial charge < -0.3 is 0 Å². The molecule has 1 saturated carbocycles. The average molecular weight is 189 g/mol. The van der Waals surface area contributed by atoms with E-state index in [1.165, 1.54) is 5.56 Å². The largest absolute Gasteiger partial charge is 0.299 e. The number of Topliss-reactive ketones (excluding diaryl/α,β-unsaturated/α-hetero) is 1. The van der Waals surface area contributed by atoms with Gasteiger partial charge in [0.2, 0.25) is 0 Å². The van der Waals surface area contributed by atoms with E-state index >= 15 is 0 Å². The molecule has 0 saturated heterocycles. The molecule has 0 aromatic carbocycles. The maximum Gasteiger partial charge on any atom is 0.140 e. The van der Waals surface area contributed by atoms with Crippen molar-refractivity contribution in [3.05, 3.63) is 30.1 Å². The molecule has 0 spiro atoms. The fraction of sp³-hybridized carbons (Fsp3) is 0.500. The number of hydrogen-bond donors (Lipinski definition) is 0. The zero-order chi connectivity index (χ0) is 10.2. The van der Waals surface area contributed by atoms with E-state index in [1.54, 1.807) is 6.20 Å². The van der Waals surface area contributed by atoms with Gasteiger partial charge in [-0.2, -0.15) is 0 Å². The molecule has 1 heterocycles. The number of hydrogen-bond acceptors (Lipinski definition) is 2. The fourth-order valence-corrected chi connectivity index (χ4v) is 2.22. The molecule has 14 heavy (non-hydrogen) atoms. The number of carbonyl (C=O) groups excluding carboxylic acids is 1. The zero-order valence-corrected chi connectivity index (χ0v) is 8.66.